The van der Waals surface area contributed by atoms with E-state index in [1.807, 2.05) is 13.8 Å². The first-order valence-corrected chi connectivity index (χ1v) is 17.0. The molecule has 3 N–H and O–H groups in total. The van der Waals surface area contributed by atoms with Crippen LogP contribution in [0.5, 0.6) is 0 Å². The summed E-state index contributed by atoms with van der Waals surface area (Å²) in [5.41, 5.74) is -0.581. The number of carboxylic acid groups (broad SMARTS) is 1. The largest absolute Gasteiger partial charge is 0.480 e. The second-order valence-corrected chi connectivity index (χ2v) is 14.0. The Hall–Kier alpha value is -4.17. The number of nitrogens with zero attached hydrogens (tertiary/aromatic N) is 3. The second kappa shape index (κ2) is 13.1. The molecule has 0 saturated carbocycles. The van der Waals surface area contributed by atoms with Gasteiger partial charge in [0.1, 0.15) is 0 Å². The smallest absolute Gasteiger partial charge is 0.324 e. The van der Waals surface area contributed by atoms with E-state index in [9.17, 15) is 27.6 Å². The van der Waals surface area contributed by atoms with Crippen LogP contribution in [0.3, 0.4) is 0 Å². The number of hydrogen-bond donors (Lipinski definition) is 3. The number of aliphatic carboxylic acids is 1. The molecule has 0 spiro atoms. The molecule has 0 fully saturated rings. The molecule has 0 bridgehead atoms. The number of urea groups is 1. The summed E-state index contributed by atoms with van der Waals surface area (Å²) < 4.78 is 28.6. The van der Waals surface area contributed by atoms with E-state index in [1.165, 1.54) is 48.3 Å². The van der Waals surface area contributed by atoms with E-state index in [0.29, 0.717) is 37.3 Å². The zero-order valence-corrected chi connectivity index (χ0v) is 28.2. The maximum atomic E-state index is 14.3. The van der Waals surface area contributed by atoms with Gasteiger partial charge in [0.15, 0.2) is 5.54 Å². The lowest BCUT2D eigenvalue weighted by Gasteiger charge is -2.31. The maximum absolute atomic E-state index is 14.3. The number of likely N-dealkylation sites (N-methyl/N-ethyl adjacent to an activating group) is 1. The number of hydrogen-bond acceptors (Lipinski definition) is 7. The maximum Gasteiger partial charge on any atom is 0.324 e. The highest BCUT2D eigenvalue weighted by atomic mass is 35.5. The number of carboxylic acids is 1. The molecule has 47 heavy (non-hydrogen) atoms. The van der Waals surface area contributed by atoms with Crippen molar-refractivity contribution in [3.05, 3.63) is 81.3 Å². The molecule has 0 saturated heterocycles. The molecule has 12 nitrogen and oxygen atoms in total. The van der Waals surface area contributed by atoms with Gasteiger partial charge in [-0.05, 0) is 69.3 Å². The van der Waals surface area contributed by atoms with Gasteiger partial charge < -0.3 is 20.6 Å². The van der Waals surface area contributed by atoms with Crippen LogP contribution in [0.25, 0.3) is 0 Å². The predicted molar refractivity (Wildman–Crippen MR) is 177 cm³/mol. The Morgan fingerprint density at radius 2 is 1.72 bits per heavy atom. The highest BCUT2D eigenvalue weighted by Gasteiger charge is 2.52. The zero-order valence-electron chi connectivity index (χ0n) is 25.8. The molecule has 3 aromatic rings. The lowest BCUT2D eigenvalue weighted by molar-refractivity contribution is -0.138. The lowest BCUT2D eigenvalue weighted by Crippen LogP contribution is -2.54. The zero-order chi connectivity index (χ0) is 34.3. The Kier molecular flexibility index (Phi) is 9.56. The van der Waals surface area contributed by atoms with Crippen LogP contribution in [0.15, 0.2) is 64.4 Å². The quantitative estimate of drug-likeness (QED) is 0.287. The van der Waals surface area contributed by atoms with Gasteiger partial charge in [-0.25, -0.2) is 13.2 Å². The van der Waals surface area contributed by atoms with E-state index in [1.54, 1.807) is 28.0 Å². The molecular weight excluding hydrogens is 669 g/mol. The molecule has 2 aliphatic rings. The van der Waals surface area contributed by atoms with Crippen LogP contribution in [-0.4, -0.2) is 86.9 Å². The molecule has 248 valence electrons. The molecule has 0 radical (unpaired) electrons. The van der Waals surface area contributed by atoms with Gasteiger partial charge in [-0.2, -0.15) is 0 Å². The van der Waals surface area contributed by atoms with Crippen LogP contribution in [-0.2, 0) is 36.2 Å². The molecule has 0 aliphatic carbocycles. The fraction of sp³-hybridized carbons (Fsp3) is 0.312. The van der Waals surface area contributed by atoms with Gasteiger partial charge in [-0.1, -0.05) is 41.4 Å². The molecule has 1 unspecified atom stereocenters. The average molecular weight is 703 g/mol. The molecule has 15 heteroatoms. The van der Waals surface area contributed by atoms with Crippen molar-refractivity contribution < 1.29 is 32.7 Å². The van der Waals surface area contributed by atoms with Crippen molar-refractivity contribution >= 4 is 68.2 Å². The van der Waals surface area contributed by atoms with Crippen LogP contribution in [0, 0.1) is 0 Å². The number of sulfone groups is 1. The number of nitrogens with one attached hydrogen (secondary N) is 2. The van der Waals surface area contributed by atoms with Crippen LogP contribution in [0.1, 0.15) is 30.5 Å². The standard InChI is InChI=1S/C32H33Cl2N5O7S/c1-4-38(5-2)31(44)39-13-12-19-14-21(10-11-25(19)39)47(45,46)26-16-20(33)15-23-29(26)35-30(43)32(23,22-8-6-7-9-24(22)34)36-27(40)17-37(3)18-28(41)42/h6-11,14-16H,4-5,12-13,17-18H2,1-3H3,(H,35,43)(H,36,40)(H,41,42). The highest BCUT2D eigenvalue weighted by molar-refractivity contribution is 7.91. The van der Waals surface area contributed by atoms with E-state index in [-0.39, 0.29) is 42.7 Å². The highest BCUT2D eigenvalue weighted by Crippen LogP contribution is 2.48. The second-order valence-electron chi connectivity index (χ2n) is 11.3. The number of rotatable bonds is 10. The van der Waals surface area contributed by atoms with E-state index in [0.717, 1.165) is 0 Å². The summed E-state index contributed by atoms with van der Waals surface area (Å²) in [5, 5.41) is 14.6. The van der Waals surface area contributed by atoms with Crippen molar-refractivity contribution in [1.29, 1.82) is 0 Å². The minimum absolute atomic E-state index is 0.0235. The topological polar surface area (TPSA) is 156 Å². The van der Waals surface area contributed by atoms with Crippen molar-refractivity contribution in [2.45, 2.75) is 35.6 Å². The summed E-state index contributed by atoms with van der Waals surface area (Å²) in [4.78, 5) is 55.8. The molecule has 1 atom stereocenters. The van der Waals surface area contributed by atoms with Crippen LogP contribution < -0.4 is 15.5 Å². The molecule has 5 rings (SSSR count). The van der Waals surface area contributed by atoms with Crippen molar-refractivity contribution in [3.8, 4) is 0 Å². The Morgan fingerprint density at radius 1 is 1.02 bits per heavy atom. The summed E-state index contributed by atoms with van der Waals surface area (Å²) in [6.07, 6.45) is 0.452. The van der Waals surface area contributed by atoms with Crippen LogP contribution >= 0.6 is 23.2 Å². The van der Waals surface area contributed by atoms with Crippen LogP contribution in [0.2, 0.25) is 10.0 Å². The van der Waals surface area contributed by atoms with Gasteiger partial charge in [0.2, 0.25) is 15.7 Å². The normalized spacial score (nSPS) is 16.9. The first kappa shape index (κ1) is 34.2. The van der Waals surface area contributed by atoms with E-state index >= 15 is 0 Å². The van der Waals surface area contributed by atoms with Gasteiger partial charge in [-0.3, -0.25) is 24.2 Å². The number of fused-ring (bicyclic) bond motifs is 2. The SMILES string of the molecule is CCN(CC)C(=O)N1CCc2cc(S(=O)(=O)c3cc(Cl)cc4c3NC(=O)C4(NC(=O)CN(C)CC(=O)O)c3ccccc3Cl)ccc21. The number of carbonyl (C=O) groups excluding carboxylic acids is 3. The fourth-order valence-corrected chi connectivity index (χ4v) is 8.16. The first-order chi connectivity index (χ1) is 22.2. The molecule has 4 amide bonds. The number of halogens is 2. The third-order valence-electron chi connectivity index (χ3n) is 8.28. The first-order valence-electron chi connectivity index (χ1n) is 14.8. The molecule has 3 aromatic carbocycles. The summed E-state index contributed by atoms with van der Waals surface area (Å²) in [6, 6.07) is 13.3. The predicted octanol–water partition coefficient (Wildman–Crippen LogP) is 3.98. The Balaban J connectivity index is 1.60. The van der Waals surface area contributed by atoms with Gasteiger partial charge >= 0.3 is 12.0 Å². The molecular formula is C32H33Cl2N5O7S. The lowest BCUT2D eigenvalue weighted by atomic mass is 9.83. The minimum Gasteiger partial charge on any atom is -0.480 e. The van der Waals surface area contributed by atoms with Crippen molar-refractivity contribution in [1.82, 2.24) is 15.1 Å². The van der Waals surface area contributed by atoms with Crippen molar-refractivity contribution in [2.75, 3.05) is 50.0 Å². The Bertz CT molecular complexity index is 1900. The van der Waals surface area contributed by atoms with Crippen LogP contribution in [0.4, 0.5) is 16.2 Å². The number of anilines is 2. The third kappa shape index (κ3) is 6.16. The summed E-state index contributed by atoms with van der Waals surface area (Å²) in [6.45, 7) is 4.42. The summed E-state index contributed by atoms with van der Waals surface area (Å²) in [7, 11) is -2.90. The fourth-order valence-electron chi connectivity index (χ4n) is 6.09. The van der Waals surface area contributed by atoms with Crippen molar-refractivity contribution in [2.24, 2.45) is 0 Å². The Morgan fingerprint density at radius 3 is 2.38 bits per heavy atom. The molecule has 0 aromatic heterocycles. The van der Waals surface area contributed by atoms with E-state index in [2.05, 4.69) is 10.6 Å². The summed E-state index contributed by atoms with van der Waals surface area (Å²) in [5.74, 6) is -2.65. The van der Waals surface area contributed by atoms with E-state index < -0.39 is 46.2 Å². The molecule has 2 aliphatic heterocycles. The summed E-state index contributed by atoms with van der Waals surface area (Å²) >= 11 is 13.1. The van der Waals surface area contributed by atoms with Gasteiger partial charge in [-0.15, -0.1) is 0 Å². The minimum atomic E-state index is -4.33. The van der Waals surface area contributed by atoms with Gasteiger partial charge in [0.25, 0.3) is 5.91 Å². The van der Waals surface area contributed by atoms with Gasteiger partial charge in [0.05, 0.1) is 28.6 Å². The average Bonchev–Trinajstić information content (AvgIpc) is 3.55. The van der Waals surface area contributed by atoms with Gasteiger partial charge in [0, 0.05) is 46.5 Å². The molecule has 2 heterocycles. The monoisotopic (exact) mass is 701 g/mol. The Labute approximate surface area is 282 Å². The number of benzene rings is 3. The van der Waals surface area contributed by atoms with E-state index in [4.69, 9.17) is 28.3 Å². The number of amides is 4. The number of carbonyl (C=O) groups is 4. The third-order valence-corrected chi connectivity index (χ3v) is 10.6. The van der Waals surface area contributed by atoms with Crippen molar-refractivity contribution in [3.63, 3.8) is 0 Å².